The summed E-state index contributed by atoms with van der Waals surface area (Å²) in [6.45, 7) is 1.91. The number of nitrogens with one attached hydrogen (secondary N) is 2. The average Bonchev–Trinajstić information content (AvgIpc) is 2.29. The molecule has 0 aliphatic heterocycles. The van der Waals surface area contributed by atoms with E-state index in [0.29, 0.717) is 19.4 Å². The molecular formula is C11H21N3O4. The monoisotopic (exact) mass is 259 g/mol. The second kappa shape index (κ2) is 9.41. The Labute approximate surface area is 106 Å². The summed E-state index contributed by atoms with van der Waals surface area (Å²) in [7, 11) is 0. The highest BCUT2D eigenvalue weighted by Gasteiger charge is 2.11. The number of primary amides is 1. The van der Waals surface area contributed by atoms with Crippen LogP contribution in [0.25, 0.3) is 0 Å². The molecule has 0 aromatic carbocycles. The average molecular weight is 259 g/mol. The van der Waals surface area contributed by atoms with Crippen LogP contribution in [0.3, 0.4) is 0 Å². The molecule has 104 valence electrons. The van der Waals surface area contributed by atoms with E-state index < -0.39 is 12.0 Å². The number of aliphatic hydroxyl groups excluding tert-OH is 1. The molecule has 0 fully saturated rings. The van der Waals surface area contributed by atoms with Gasteiger partial charge in [-0.25, -0.2) is 0 Å². The van der Waals surface area contributed by atoms with Crippen molar-refractivity contribution >= 4 is 17.7 Å². The lowest BCUT2D eigenvalue weighted by atomic mass is 10.2. The topological polar surface area (TPSA) is 122 Å². The number of unbranched alkanes of at least 4 members (excludes halogenated alkanes) is 2. The van der Waals surface area contributed by atoms with Crippen molar-refractivity contribution in [3.63, 3.8) is 0 Å². The number of hydrogen-bond acceptors (Lipinski definition) is 4. The number of aliphatic hydroxyl groups is 1. The van der Waals surface area contributed by atoms with Gasteiger partial charge in [-0.3, -0.25) is 14.4 Å². The lowest BCUT2D eigenvalue weighted by molar-refractivity contribution is -0.127. The molecule has 7 nitrogen and oxygen atoms in total. The number of hydrogen-bond donors (Lipinski definition) is 4. The van der Waals surface area contributed by atoms with Gasteiger partial charge in [0.25, 0.3) is 0 Å². The Morgan fingerprint density at radius 3 is 2.39 bits per heavy atom. The molecule has 3 amide bonds. The van der Waals surface area contributed by atoms with Crippen molar-refractivity contribution in [3.05, 3.63) is 0 Å². The van der Waals surface area contributed by atoms with Crippen LogP contribution in [0.15, 0.2) is 0 Å². The van der Waals surface area contributed by atoms with E-state index in [9.17, 15) is 14.4 Å². The van der Waals surface area contributed by atoms with E-state index in [1.54, 1.807) is 0 Å². The second-order valence-corrected chi connectivity index (χ2v) is 4.02. The zero-order valence-corrected chi connectivity index (χ0v) is 10.6. The molecule has 7 heteroatoms. The molecule has 0 aliphatic rings. The Morgan fingerprint density at radius 1 is 1.17 bits per heavy atom. The van der Waals surface area contributed by atoms with E-state index in [0.717, 1.165) is 12.8 Å². The van der Waals surface area contributed by atoms with Gasteiger partial charge in [0, 0.05) is 19.9 Å². The van der Waals surface area contributed by atoms with Gasteiger partial charge in [0.1, 0.15) is 6.10 Å². The number of nitrogens with two attached hydrogens (primary N) is 1. The Kier molecular flexibility index (Phi) is 8.55. The van der Waals surface area contributed by atoms with Gasteiger partial charge in [0.15, 0.2) is 0 Å². The third-order valence-electron chi connectivity index (χ3n) is 2.28. The summed E-state index contributed by atoms with van der Waals surface area (Å²) in [6.07, 6.45) is 1.32. The van der Waals surface area contributed by atoms with Crippen LogP contribution in [0, 0.1) is 0 Å². The molecule has 18 heavy (non-hydrogen) atoms. The number of carbonyl (C=O) groups is 3. The van der Waals surface area contributed by atoms with Crippen LogP contribution in [0.4, 0.5) is 0 Å². The summed E-state index contributed by atoms with van der Waals surface area (Å²) in [4.78, 5) is 32.3. The van der Waals surface area contributed by atoms with Crippen LogP contribution < -0.4 is 16.4 Å². The minimum Gasteiger partial charge on any atom is -0.381 e. The molecule has 0 aromatic heterocycles. The zero-order chi connectivity index (χ0) is 14.0. The van der Waals surface area contributed by atoms with Crippen LogP contribution >= 0.6 is 0 Å². The first-order valence-corrected chi connectivity index (χ1v) is 5.92. The van der Waals surface area contributed by atoms with Crippen LogP contribution in [0.5, 0.6) is 0 Å². The minimum absolute atomic E-state index is 0.0619. The number of amides is 3. The summed E-state index contributed by atoms with van der Waals surface area (Å²) < 4.78 is 0. The maximum Gasteiger partial charge on any atom is 0.248 e. The summed E-state index contributed by atoms with van der Waals surface area (Å²) in [5.74, 6) is -1.14. The second-order valence-electron chi connectivity index (χ2n) is 4.02. The molecule has 0 saturated carbocycles. The Morgan fingerprint density at radius 2 is 1.83 bits per heavy atom. The summed E-state index contributed by atoms with van der Waals surface area (Å²) >= 11 is 0. The molecule has 0 rings (SSSR count). The largest absolute Gasteiger partial charge is 0.381 e. The SMILES string of the molecule is CC(=O)NCCCCCC(=O)NCC(O)C(N)=O. The summed E-state index contributed by atoms with van der Waals surface area (Å²) in [6, 6.07) is 0. The van der Waals surface area contributed by atoms with Crippen LogP contribution in [-0.4, -0.2) is 42.0 Å². The molecule has 1 unspecified atom stereocenters. The van der Waals surface area contributed by atoms with Gasteiger partial charge in [-0.1, -0.05) is 6.42 Å². The molecule has 0 heterocycles. The molecule has 0 aromatic rings. The fourth-order valence-corrected chi connectivity index (χ4v) is 1.25. The van der Waals surface area contributed by atoms with Gasteiger partial charge in [-0.05, 0) is 12.8 Å². The minimum atomic E-state index is -1.34. The van der Waals surface area contributed by atoms with Crippen LogP contribution in [0.1, 0.15) is 32.6 Å². The lowest BCUT2D eigenvalue weighted by Gasteiger charge is -2.08. The predicted octanol–water partition coefficient (Wildman–Crippen LogP) is -1.35. The molecule has 1 atom stereocenters. The highest BCUT2D eigenvalue weighted by molar-refractivity contribution is 5.80. The summed E-state index contributed by atoms with van der Waals surface area (Å²) in [5, 5.41) is 14.1. The van der Waals surface area contributed by atoms with Gasteiger partial charge in [-0.2, -0.15) is 0 Å². The van der Waals surface area contributed by atoms with Crippen LogP contribution in [-0.2, 0) is 14.4 Å². The van der Waals surface area contributed by atoms with Crippen molar-refractivity contribution in [2.75, 3.05) is 13.1 Å². The smallest absolute Gasteiger partial charge is 0.248 e. The molecule has 0 aliphatic carbocycles. The maximum atomic E-state index is 11.3. The Balaban J connectivity index is 3.43. The van der Waals surface area contributed by atoms with E-state index in [-0.39, 0.29) is 18.4 Å². The maximum absolute atomic E-state index is 11.3. The van der Waals surface area contributed by atoms with Crippen molar-refractivity contribution in [2.45, 2.75) is 38.7 Å². The van der Waals surface area contributed by atoms with Crippen molar-refractivity contribution in [3.8, 4) is 0 Å². The van der Waals surface area contributed by atoms with Crippen molar-refractivity contribution in [1.29, 1.82) is 0 Å². The molecular weight excluding hydrogens is 238 g/mol. The fraction of sp³-hybridized carbons (Fsp3) is 0.727. The molecule has 0 radical (unpaired) electrons. The number of rotatable bonds is 9. The lowest BCUT2D eigenvalue weighted by Crippen LogP contribution is -2.39. The van der Waals surface area contributed by atoms with E-state index in [1.807, 2.05) is 0 Å². The van der Waals surface area contributed by atoms with Gasteiger partial charge in [-0.15, -0.1) is 0 Å². The fourth-order valence-electron chi connectivity index (χ4n) is 1.25. The van der Waals surface area contributed by atoms with Gasteiger partial charge in [0.2, 0.25) is 17.7 Å². The number of carbonyl (C=O) groups excluding carboxylic acids is 3. The van der Waals surface area contributed by atoms with Crippen molar-refractivity contribution in [1.82, 2.24) is 10.6 Å². The standard InChI is InChI=1S/C11H21N3O4/c1-8(15)13-6-4-2-3-5-10(17)14-7-9(16)11(12)18/h9,16H,2-7H2,1H3,(H2,12,18)(H,13,15)(H,14,17). The first-order chi connectivity index (χ1) is 8.43. The first kappa shape index (κ1) is 16.4. The molecule has 0 saturated heterocycles. The van der Waals surface area contributed by atoms with E-state index in [1.165, 1.54) is 6.92 Å². The van der Waals surface area contributed by atoms with E-state index in [2.05, 4.69) is 10.6 Å². The molecule has 5 N–H and O–H groups in total. The summed E-state index contributed by atoms with van der Waals surface area (Å²) in [5.41, 5.74) is 4.83. The van der Waals surface area contributed by atoms with Crippen molar-refractivity contribution in [2.24, 2.45) is 5.73 Å². The van der Waals surface area contributed by atoms with Gasteiger partial charge >= 0.3 is 0 Å². The van der Waals surface area contributed by atoms with E-state index in [4.69, 9.17) is 10.8 Å². The van der Waals surface area contributed by atoms with Gasteiger partial charge in [0.05, 0.1) is 6.54 Å². The first-order valence-electron chi connectivity index (χ1n) is 5.92. The molecule has 0 bridgehead atoms. The Bertz CT molecular complexity index is 294. The normalized spacial score (nSPS) is 11.7. The third-order valence-corrected chi connectivity index (χ3v) is 2.28. The van der Waals surface area contributed by atoms with E-state index >= 15 is 0 Å². The quantitative estimate of drug-likeness (QED) is 0.382. The predicted molar refractivity (Wildman–Crippen MR) is 65.4 cm³/mol. The Hall–Kier alpha value is -1.63. The highest BCUT2D eigenvalue weighted by Crippen LogP contribution is 1.98. The van der Waals surface area contributed by atoms with Crippen molar-refractivity contribution < 1.29 is 19.5 Å². The zero-order valence-electron chi connectivity index (χ0n) is 10.6. The molecule has 0 spiro atoms. The third kappa shape index (κ3) is 9.59. The van der Waals surface area contributed by atoms with Crippen LogP contribution in [0.2, 0.25) is 0 Å². The van der Waals surface area contributed by atoms with Gasteiger partial charge < -0.3 is 21.5 Å². The highest BCUT2D eigenvalue weighted by atomic mass is 16.3.